The highest BCUT2D eigenvalue weighted by Crippen LogP contribution is 2.27. The molecular formula is C21H21ClN2O5S. The normalized spacial score (nSPS) is 11.6. The molecule has 0 radical (unpaired) electrons. The Morgan fingerprint density at radius 2 is 1.93 bits per heavy atom. The molecule has 0 aromatic heterocycles. The first-order valence-corrected chi connectivity index (χ1v) is 10.7. The van der Waals surface area contributed by atoms with Gasteiger partial charge >= 0.3 is 5.97 Å². The monoisotopic (exact) mass is 448 g/mol. The predicted molar refractivity (Wildman–Crippen MR) is 118 cm³/mol. The zero-order valence-corrected chi connectivity index (χ0v) is 18.0. The number of carbonyl (C=O) groups is 1. The average molecular weight is 449 g/mol. The number of hydrogen-bond donors (Lipinski definition) is 1. The molecule has 0 bridgehead atoms. The van der Waals surface area contributed by atoms with Gasteiger partial charge in [0.15, 0.2) is 0 Å². The van der Waals surface area contributed by atoms with Crippen molar-refractivity contribution in [3.8, 4) is 5.75 Å². The van der Waals surface area contributed by atoms with Gasteiger partial charge in [0.05, 0.1) is 11.5 Å². The van der Waals surface area contributed by atoms with Crippen molar-refractivity contribution in [2.75, 3.05) is 18.4 Å². The lowest BCUT2D eigenvalue weighted by atomic mass is 10.2. The fraction of sp³-hybridized carbons (Fsp3) is 0.143. The third-order valence-corrected chi connectivity index (χ3v) is 5.26. The first-order valence-electron chi connectivity index (χ1n) is 8.82. The molecule has 1 N–H and O–H groups in total. The van der Waals surface area contributed by atoms with Crippen LogP contribution < -0.4 is 9.46 Å². The molecule has 0 heterocycles. The Hall–Kier alpha value is -3.10. The van der Waals surface area contributed by atoms with Crippen molar-refractivity contribution in [1.82, 2.24) is 0 Å². The molecule has 0 spiro atoms. The number of hydrogen-bond acceptors (Lipinski definition) is 6. The SMILES string of the molecule is C=C(C=CC=NC)Oc1ccc(NS(=O)(=O)c2ccc(Cl)cc2)cc1C(=O)OCC. The van der Waals surface area contributed by atoms with E-state index in [0.717, 1.165) is 0 Å². The van der Waals surface area contributed by atoms with E-state index in [1.807, 2.05) is 0 Å². The molecule has 7 nitrogen and oxygen atoms in total. The van der Waals surface area contributed by atoms with Crippen LogP contribution in [-0.4, -0.2) is 34.3 Å². The fourth-order valence-electron chi connectivity index (χ4n) is 2.29. The molecule has 2 aromatic rings. The largest absolute Gasteiger partial charge is 0.462 e. The Bertz CT molecular complexity index is 1080. The van der Waals surface area contributed by atoms with Gasteiger partial charge in [-0.25, -0.2) is 13.2 Å². The average Bonchev–Trinajstić information content (AvgIpc) is 2.69. The van der Waals surface area contributed by atoms with Gasteiger partial charge in [-0.15, -0.1) is 0 Å². The van der Waals surface area contributed by atoms with Gasteiger partial charge in [0.1, 0.15) is 17.1 Å². The second-order valence-corrected chi connectivity index (χ2v) is 7.94. The molecule has 0 aliphatic heterocycles. The number of sulfonamides is 1. The minimum Gasteiger partial charge on any atom is -0.462 e. The summed E-state index contributed by atoms with van der Waals surface area (Å²) < 4.78 is 38.3. The Balaban J connectivity index is 2.33. The number of rotatable bonds is 9. The minimum atomic E-state index is -3.88. The van der Waals surface area contributed by atoms with Crippen molar-refractivity contribution < 1.29 is 22.7 Å². The first kappa shape index (κ1) is 23.2. The van der Waals surface area contributed by atoms with Crippen LogP contribution in [0.1, 0.15) is 17.3 Å². The van der Waals surface area contributed by atoms with Crippen LogP contribution in [0.5, 0.6) is 5.75 Å². The molecule has 158 valence electrons. The molecule has 0 saturated carbocycles. The molecule has 0 aliphatic rings. The number of aliphatic imine (C=N–C) groups is 1. The maximum Gasteiger partial charge on any atom is 0.342 e. The van der Waals surface area contributed by atoms with Gasteiger partial charge in [0, 0.05) is 24.0 Å². The van der Waals surface area contributed by atoms with E-state index < -0.39 is 16.0 Å². The Morgan fingerprint density at radius 1 is 1.23 bits per heavy atom. The van der Waals surface area contributed by atoms with E-state index in [1.54, 1.807) is 32.3 Å². The summed E-state index contributed by atoms with van der Waals surface area (Å²) in [4.78, 5) is 16.2. The molecule has 0 amide bonds. The summed E-state index contributed by atoms with van der Waals surface area (Å²) in [5, 5.41) is 0.416. The lowest BCUT2D eigenvalue weighted by Gasteiger charge is -2.14. The van der Waals surface area contributed by atoms with Crippen LogP contribution in [0.25, 0.3) is 0 Å². The van der Waals surface area contributed by atoms with Crippen molar-refractivity contribution in [3.63, 3.8) is 0 Å². The second kappa shape index (κ2) is 10.6. The molecule has 0 fully saturated rings. The zero-order chi connectivity index (χ0) is 22.1. The molecule has 2 aromatic carbocycles. The van der Waals surface area contributed by atoms with Gasteiger partial charge < -0.3 is 9.47 Å². The van der Waals surface area contributed by atoms with E-state index >= 15 is 0 Å². The highest BCUT2D eigenvalue weighted by molar-refractivity contribution is 7.92. The maximum absolute atomic E-state index is 12.6. The van der Waals surface area contributed by atoms with Crippen LogP contribution in [-0.2, 0) is 14.8 Å². The van der Waals surface area contributed by atoms with Crippen LogP contribution in [0.2, 0.25) is 5.02 Å². The number of ether oxygens (including phenoxy) is 2. The standard InChI is InChI=1S/C21H21ClN2O5S/c1-4-28-21(25)19-14-17(9-12-20(19)29-15(2)6-5-13-23-3)24-30(26,27)18-10-7-16(22)8-11-18/h5-14,24H,2,4H2,1,3H3. The minimum absolute atomic E-state index is 0.0287. The molecule has 0 saturated heterocycles. The van der Waals surface area contributed by atoms with E-state index in [0.29, 0.717) is 5.02 Å². The topological polar surface area (TPSA) is 94.1 Å². The third kappa shape index (κ3) is 6.47. The summed E-state index contributed by atoms with van der Waals surface area (Å²) >= 11 is 5.81. The van der Waals surface area contributed by atoms with Crippen LogP contribution in [0, 0.1) is 0 Å². The number of nitrogens with zero attached hydrogens (tertiary/aromatic N) is 1. The van der Waals surface area contributed by atoms with Gasteiger partial charge in [-0.2, -0.15) is 0 Å². The van der Waals surface area contributed by atoms with Gasteiger partial charge in [-0.1, -0.05) is 18.2 Å². The summed E-state index contributed by atoms with van der Waals surface area (Å²) in [6, 6.07) is 9.97. The summed E-state index contributed by atoms with van der Waals surface area (Å²) in [5.74, 6) is -0.229. The molecule has 0 aliphatic carbocycles. The smallest absolute Gasteiger partial charge is 0.342 e. The van der Waals surface area contributed by atoms with Crippen molar-refractivity contribution in [2.24, 2.45) is 4.99 Å². The van der Waals surface area contributed by atoms with Crippen molar-refractivity contribution in [3.05, 3.63) is 77.5 Å². The fourth-order valence-corrected chi connectivity index (χ4v) is 3.47. The number of anilines is 1. The highest BCUT2D eigenvalue weighted by atomic mass is 35.5. The second-order valence-electron chi connectivity index (χ2n) is 5.83. The third-order valence-electron chi connectivity index (χ3n) is 3.61. The molecule has 0 atom stereocenters. The van der Waals surface area contributed by atoms with Crippen molar-refractivity contribution >= 4 is 39.5 Å². The van der Waals surface area contributed by atoms with Gasteiger partial charge in [-0.3, -0.25) is 9.71 Å². The van der Waals surface area contributed by atoms with Gasteiger partial charge in [0.2, 0.25) is 0 Å². The van der Waals surface area contributed by atoms with Crippen LogP contribution in [0.3, 0.4) is 0 Å². The van der Waals surface area contributed by atoms with Gasteiger partial charge in [-0.05, 0) is 61.5 Å². The van der Waals surface area contributed by atoms with Crippen LogP contribution in [0.15, 0.2) is 76.8 Å². The maximum atomic E-state index is 12.6. The number of carbonyl (C=O) groups excluding carboxylic acids is 1. The molecular weight excluding hydrogens is 428 g/mol. The Labute approximate surface area is 180 Å². The molecule has 2 rings (SSSR count). The summed E-state index contributed by atoms with van der Waals surface area (Å²) in [7, 11) is -2.26. The number of halogens is 1. The van der Waals surface area contributed by atoms with Crippen molar-refractivity contribution in [1.29, 1.82) is 0 Å². The van der Waals surface area contributed by atoms with E-state index in [-0.39, 0.29) is 34.3 Å². The number of nitrogens with one attached hydrogen (secondary N) is 1. The number of benzene rings is 2. The van der Waals surface area contributed by atoms with Crippen molar-refractivity contribution in [2.45, 2.75) is 11.8 Å². The molecule has 30 heavy (non-hydrogen) atoms. The van der Waals surface area contributed by atoms with Gasteiger partial charge in [0.25, 0.3) is 10.0 Å². The number of allylic oxidation sites excluding steroid dienone is 2. The Morgan fingerprint density at radius 3 is 2.57 bits per heavy atom. The zero-order valence-electron chi connectivity index (χ0n) is 16.5. The Kier molecular flexibility index (Phi) is 8.20. The first-order chi connectivity index (χ1) is 14.3. The summed E-state index contributed by atoms with van der Waals surface area (Å²) in [6.45, 7) is 5.56. The van der Waals surface area contributed by atoms with Crippen LogP contribution in [0.4, 0.5) is 5.69 Å². The quantitative estimate of drug-likeness (QED) is 0.264. The van der Waals surface area contributed by atoms with E-state index in [1.165, 1.54) is 42.5 Å². The van der Waals surface area contributed by atoms with Crippen LogP contribution >= 0.6 is 11.6 Å². The summed E-state index contributed by atoms with van der Waals surface area (Å²) in [5.41, 5.74) is 0.214. The van der Waals surface area contributed by atoms with E-state index in [2.05, 4.69) is 16.3 Å². The molecule has 9 heteroatoms. The number of esters is 1. The highest BCUT2D eigenvalue weighted by Gasteiger charge is 2.19. The lowest BCUT2D eigenvalue weighted by Crippen LogP contribution is -2.14. The van der Waals surface area contributed by atoms with E-state index in [9.17, 15) is 13.2 Å². The lowest BCUT2D eigenvalue weighted by molar-refractivity contribution is 0.0523. The summed E-state index contributed by atoms with van der Waals surface area (Å²) in [6.07, 6.45) is 4.75. The molecule has 0 unspecified atom stereocenters. The predicted octanol–water partition coefficient (Wildman–Crippen LogP) is 4.47. The van der Waals surface area contributed by atoms with E-state index in [4.69, 9.17) is 21.1 Å².